The molecule has 3 N–H and O–H groups in total. The van der Waals surface area contributed by atoms with Crippen LogP contribution in [0.3, 0.4) is 0 Å². The van der Waals surface area contributed by atoms with Crippen LogP contribution in [0.4, 0.5) is 4.39 Å². The van der Waals surface area contributed by atoms with Gasteiger partial charge in [0.2, 0.25) is 0 Å². The van der Waals surface area contributed by atoms with E-state index in [2.05, 4.69) is 5.43 Å². The van der Waals surface area contributed by atoms with Gasteiger partial charge in [-0.1, -0.05) is 47.5 Å². The quantitative estimate of drug-likeness (QED) is 0.656. The van der Waals surface area contributed by atoms with Gasteiger partial charge in [-0.15, -0.1) is 0 Å². The van der Waals surface area contributed by atoms with Crippen LogP contribution in [0.25, 0.3) is 0 Å². The Morgan fingerprint density at radius 2 is 2.00 bits per heavy atom. The highest BCUT2D eigenvalue weighted by Crippen LogP contribution is 2.29. The third-order valence-corrected chi connectivity index (χ3v) is 4.05. The van der Waals surface area contributed by atoms with Crippen LogP contribution >= 0.6 is 23.2 Å². The number of benzene rings is 2. The lowest BCUT2D eigenvalue weighted by molar-refractivity contribution is 0.510. The molecule has 0 bridgehead atoms. The molecule has 2 rings (SSSR count). The van der Waals surface area contributed by atoms with E-state index in [1.807, 2.05) is 25.1 Å². The zero-order valence-corrected chi connectivity index (χ0v) is 12.5. The molecule has 0 aromatic heterocycles. The van der Waals surface area contributed by atoms with Gasteiger partial charge in [0.15, 0.2) is 0 Å². The minimum absolute atomic E-state index is 0.286. The fraction of sp³-hybridized carbons (Fsp3) is 0.200. The van der Waals surface area contributed by atoms with Gasteiger partial charge in [-0.25, -0.2) is 4.39 Å². The number of hydrogen-bond donors (Lipinski definition) is 2. The molecule has 0 saturated carbocycles. The van der Waals surface area contributed by atoms with Crippen LogP contribution in [0, 0.1) is 12.7 Å². The highest BCUT2D eigenvalue weighted by Gasteiger charge is 2.17. The summed E-state index contributed by atoms with van der Waals surface area (Å²) >= 11 is 12.1. The second kappa shape index (κ2) is 6.55. The van der Waals surface area contributed by atoms with E-state index in [0.29, 0.717) is 22.0 Å². The van der Waals surface area contributed by atoms with Crippen molar-refractivity contribution in [1.82, 2.24) is 5.43 Å². The van der Waals surface area contributed by atoms with Gasteiger partial charge in [0.25, 0.3) is 0 Å². The van der Waals surface area contributed by atoms with Crippen LogP contribution in [0.5, 0.6) is 0 Å². The van der Waals surface area contributed by atoms with Crippen molar-refractivity contribution in [3.63, 3.8) is 0 Å². The molecule has 106 valence electrons. The fourth-order valence-corrected chi connectivity index (χ4v) is 2.50. The van der Waals surface area contributed by atoms with Crippen molar-refractivity contribution in [1.29, 1.82) is 0 Å². The summed E-state index contributed by atoms with van der Waals surface area (Å²) in [7, 11) is 0. The summed E-state index contributed by atoms with van der Waals surface area (Å²) in [6.07, 6.45) is 0.454. The number of hydrogen-bond acceptors (Lipinski definition) is 2. The maximum atomic E-state index is 14.0. The SMILES string of the molecule is Cc1ccc(C(Cc2cccc(Cl)c2Cl)NN)c(F)c1. The minimum atomic E-state index is -0.369. The Balaban J connectivity index is 2.31. The Hall–Kier alpha value is -1.13. The topological polar surface area (TPSA) is 38.0 Å². The lowest BCUT2D eigenvalue weighted by atomic mass is 9.98. The molecular formula is C15H15Cl2FN2. The first kappa shape index (κ1) is 15.3. The summed E-state index contributed by atoms with van der Waals surface area (Å²) in [6, 6.07) is 10.1. The second-order valence-electron chi connectivity index (χ2n) is 4.66. The molecule has 1 unspecified atom stereocenters. The first-order valence-corrected chi connectivity index (χ1v) is 6.93. The molecule has 0 radical (unpaired) electrons. The van der Waals surface area contributed by atoms with Gasteiger partial charge in [0, 0.05) is 5.56 Å². The molecule has 0 aliphatic rings. The fourth-order valence-electron chi connectivity index (χ4n) is 2.10. The van der Waals surface area contributed by atoms with E-state index in [0.717, 1.165) is 11.1 Å². The van der Waals surface area contributed by atoms with Crippen molar-refractivity contribution in [3.8, 4) is 0 Å². The number of hydrazine groups is 1. The molecule has 2 aromatic rings. The van der Waals surface area contributed by atoms with E-state index in [1.165, 1.54) is 6.07 Å². The first-order chi connectivity index (χ1) is 9.52. The van der Waals surface area contributed by atoms with Crippen molar-refractivity contribution in [2.75, 3.05) is 0 Å². The van der Waals surface area contributed by atoms with Gasteiger partial charge in [0.05, 0.1) is 16.1 Å². The lowest BCUT2D eigenvalue weighted by Crippen LogP contribution is -2.30. The number of rotatable bonds is 4. The highest BCUT2D eigenvalue weighted by molar-refractivity contribution is 6.42. The van der Waals surface area contributed by atoms with E-state index in [9.17, 15) is 4.39 Å². The van der Waals surface area contributed by atoms with Gasteiger partial charge in [-0.2, -0.15) is 0 Å². The molecule has 0 heterocycles. The Bertz CT molecular complexity index is 617. The summed E-state index contributed by atoms with van der Waals surface area (Å²) in [5.74, 6) is 5.27. The maximum Gasteiger partial charge on any atom is 0.128 e. The first-order valence-electron chi connectivity index (χ1n) is 6.18. The molecule has 20 heavy (non-hydrogen) atoms. The van der Waals surface area contributed by atoms with Crippen molar-refractivity contribution in [2.24, 2.45) is 5.84 Å². The number of nitrogens with one attached hydrogen (secondary N) is 1. The Labute approximate surface area is 127 Å². The number of halogens is 3. The normalized spacial score (nSPS) is 12.4. The molecule has 0 fully saturated rings. The molecular weight excluding hydrogens is 298 g/mol. The van der Waals surface area contributed by atoms with Gasteiger partial charge >= 0.3 is 0 Å². The Morgan fingerprint density at radius 1 is 1.25 bits per heavy atom. The number of aryl methyl sites for hydroxylation is 1. The van der Waals surface area contributed by atoms with E-state index in [-0.39, 0.29) is 11.9 Å². The zero-order chi connectivity index (χ0) is 14.7. The van der Waals surface area contributed by atoms with Crippen molar-refractivity contribution < 1.29 is 4.39 Å². The van der Waals surface area contributed by atoms with Crippen LogP contribution in [0.2, 0.25) is 10.0 Å². The maximum absolute atomic E-state index is 14.0. The third kappa shape index (κ3) is 3.30. The van der Waals surface area contributed by atoms with E-state index >= 15 is 0 Å². The van der Waals surface area contributed by atoms with Crippen LogP contribution in [-0.2, 0) is 6.42 Å². The van der Waals surface area contributed by atoms with E-state index < -0.39 is 0 Å². The Kier molecular flexibility index (Phi) is 5.00. The van der Waals surface area contributed by atoms with Gasteiger partial charge in [0.1, 0.15) is 5.82 Å². The predicted octanol–water partition coefficient (Wildman–Crippen LogP) is 4.19. The third-order valence-electron chi connectivity index (χ3n) is 3.19. The van der Waals surface area contributed by atoms with Gasteiger partial charge < -0.3 is 0 Å². The summed E-state index contributed by atoms with van der Waals surface area (Å²) in [4.78, 5) is 0. The number of nitrogens with two attached hydrogens (primary N) is 1. The molecule has 0 amide bonds. The molecule has 0 aliphatic carbocycles. The van der Waals surface area contributed by atoms with Gasteiger partial charge in [-0.05, 0) is 36.6 Å². The zero-order valence-electron chi connectivity index (χ0n) is 11.0. The standard InChI is InChI=1S/C15H15Cl2FN2/c1-9-5-6-11(13(18)7-9)14(20-19)8-10-3-2-4-12(16)15(10)17/h2-7,14,20H,8,19H2,1H3. The van der Waals surface area contributed by atoms with Crippen LogP contribution in [0.1, 0.15) is 22.7 Å². The largest absolute Gasteiger partial charge is 0.271 e. The van der Waals surface area contributed by atoms with Crippen LogP contribution in [-0.4, -0.2) is 0 Å². The average Bonchev–Trinajstić information content (AvgIpc) is 2.41. The molecule has 0 spiro atoms. The summed E-state index contributed by atoms with van der Waals surface area (Å²) in [5, 5.41) is 0.950. The van der Waals surface area contributed by atoms with E-state index in [4.69, 9.17) is 29.0 Å². The molecule has 2 aromatic carbocycles. The van der Waals surface area contributed by atoms with Crippen molar-refractivity contribution in [3.05, 3.63) is 69.0 Å². The van der Waals surface area contributed by atoms with Crippen LogP contribution < -0.4 is 11.3 Å². The second-order valence-corrected chi connectivity index (χ2v) is 5.45. The van der Waals surface area contributed by atoms with Crippen molar-refractivity contribution >= 4 is 23.2 Å². The highest BCUT2D eigenvalue weighted by atomic mass is 35.5. The van der Waals surface area contributed by atoms with Gasteiger partial charge in [-0.3, -0.25) is 11.3 Å². The molecule has 2 nitrogen and oxygen atoms in total. The summed E-state index contributed by atoms with van der Waals surface area (Å²) in [6.45, 7) is 1.84. The average molecular weight is 313 g/mol. The monoisotopic (exact) mass is 312 g/mol. The molecule has 1 atom stereocenters. The van der Waals surface area contributed by atoms with Crippen molar-refractivity contribution in [2.45, 2.75) is 19.4 Å². The van der Waals surface area contributed by atoms with Crippen LogP contribution in [0.15, 0.2) is 36.4 Å². The molecule has 0 saturated heterocycles. The molecule has 5 heteroatoms. The smallest absolute Gasteiger partial charge is 0.128 e. The van der Waals surface area contributed by atoms with E-state index in [1.54, 1.807) is 12.1 Å². The lowest BCUT2D eigenvalue weighted by Gasteiger charge is -2.18. The Morgan fingerprint density at radius 3 is 2.65 bits per heavy atom. The molecule has 0 aliphatic heterocycles. The summed E-state index contributed by atoms with van der Waals surface area (Å²) < 4.78 is 14.0. The summed E-state index contributed by atoms with van der Waals surface area (Å²) in [5.41, 5.74) is 4.83. The minimum Gasteiger partial charge on any atom is -0.271 e. The predicted molar refractivity (Wildman–Crippen MR) is 81.4 cm³/mol.